The fourth-order valence-corrected chi connectivity index (χ4v) is 3.45. The van der Waals surface area contributed by atoms with Crippen molar-refractivity contribution in [2.45, 2.75) is 11.4 Å². The van der Waals surface area contributed by atoms with Crippen LogP contribution in [-0.2, 0) is 16.6 Å². The van der Waals surface area contributed by atoms with Gasteiger partial charge in [0.1, 0.15) is 23.2 Å². The first kappa shape index (κ1) is 20.1. The van der Waals surface area contributed by atoms with Gasteiger partial charge in [-0.3, -0.25) is 0 Å². The molecule has 148 valence electrons. The van der Waals surface area contributed by atoms with Crippen LogP contribution in [0.15, 0.2) is 59.6 Å². The molecule has 1 aromatic heterocycles. The maximum atomic E-state index is 12.5. The van der Waals surface area contributed by atoms with Gasteiger partial charge in [-0.1, -0.05) is 12.1 Å². The number of hydrogen-bond acceptors (Lipinski definition) is 8. The predicted molar refractivity (Wildman–Crippen MR) is 108 cm³/mol. The van der Waals surface area contributed by atoms with Gasteiger partial charge in [0.15, 0.2) is 0 Å². The summed E-state index contributed by atoms with van der Waals surface area (Å²) in [5.74, 6) is 0.919. The summed E-state index contributed by atoms with van der Waals surface area (Å²) in [6.07, 6.45) is 1.31. The first-order chi connectivity index (χ1) is 13.9. The Hall–Kier alpha value is -3.68. The fraction of sp³-hybridized carbons (Fsp3) is 0.105. The zero-order valence-electron chi connectivity index (χ0n) is 15.5. The van der Waals surface area contributed by atoms with E-state index in [1.807, 2.05) is 6.07 Å². The number of nitrogen functional groups attached to an aromatic ring is 1. The Labute approximate surface area is 168 Å². The number of aromatic nitrogens is 2. The molecule has 0 aliphatic rings. The van der Waals surface area contributed by atoms with Crippen LogP contribution in [0.5, 0.6) is 5.75 Å². The number of methoxy groups -OCH3 is 1. The SMILES string of the molecule is COc1cccc(CNS(=O)(=O)c2ccc(Nc3ncc(C#N)c(N)n3)cc2)c1. The molecule has 29 heavy (non-hydrogen) atoms. The summed E-state index contributed by atoms with van der Waals surface area (Å²) in [5, 5.41) is 11.8. The highest BCUT2D eigenvalue weighted by molar-refractivity contribution is 7.89. The Balaban J connectivity index is 1.68. The van der Waals surface area contributed by atoms with Crippen molar-refractivity contribution in [3.8, 4) is 11.8 Å². The zero-order chi connectivity index (χ0) is 20.9. The van der Waals surface area contributed by atoms with Crippen molar-refractivity contribution in [3.63, 3.8) is 0 Å². The lowest BCUT2D eigenvalue weighted by Crippen LogP contribution is -2.23. The summed E-state index contributed by atoms with van der Waals surface area (Å²) < 4.78 is 32.7. The summed E-state index contributed by atoms with van der Waals surface area (Å²) in [5.41, 5.74) is 7.19. The molecule has 0 radical (unpaired) electrons. The molecule has 3 aromatic rings. The minimum absolute atomic E-state index is 0.0611. The van der Waals surface area contributed by atoms with Crippen LogP contribution in [0.3, 0.4) is 0 Å². The van der Waals surface area contributed by atoms with Crippen LogP contribution in [0.2, 0.25) is 0 Å². The Morgan fingerprint density at radius 3 is 2.62 bits per heavy atom. The second kappa shape index (κ2) is 8.55. The second-order valence-electron chi connectivity index (χ2n) is 5.93. The lowest BCUT2D eigenvalue weighted by Gasteiger charge is -2.09. The van der Waals surface area contributed by atoms with Crippen LogP contribution >= 0.6 is 0 Å². The normalized spacial score (nSPS) is 10.9. The zero-order valence-corrected chi connectivity index (χ0v) is 16.3. The largest absolute Gasteiger partial charge is 0.497 e. The van der Waals surface area contributed by atoms with Crippen molar-refractivity contribution in [3.05, 3.63) is 65.9 Å². The van der Waals surface area contributed by atoms with Crippen molar-refractivity contribution >= 4 is 27.5 Å². The number of nitriles is 1. The molecule has 9 nitrogen and oxygen atoms in total. The van der Waals surface area contributed by atoms with E-state index in [1.54, 1.807) is 43.5 Å². The molecule has 0 amide bonds. The van der Waals surface area contributed by atoms with Crippen LogP contribution in [-0.4, -0.2) is 25.5 Å². The first-order valence-corrected chi connectivity index (χ1v) is 9.92. The van der Waals surface area contributed by atoms with E-state index in [0.29, 0.717) is 11.4 Å². The summed E-state index contributed by atoms with van der Waals surface area (Å²) in [6, 6.07) is 15.1. The van der Waals surface area contributed by atoms with Crippen molar-refractivity contribution in [1.29, 1.82) is 5.26 Å². The molecule has 10 heteroatoms. The molecular formula is C19H18N6O3S. The van der Waals surface area contributed by atoms with Gasteiger partial charge < -0.3 is 15.8 Å². The van der Waals surface area contributed by atoms with E-state index in [1.165, 1.54) is 18.3 Å². The minimum Gasteiger partial charge on any atom is -0.497 e. The molecule has 2 aromatic carbocycles. The lowest BCUT2D eigenvalue weighted by atomic mass is 10.2. The van der Waals surface area contributed by atoms with Gasteiger partial charge in [-0.2, -0.15) is 10.2 Å². The van der Waals surface area contributed by atoms with Crippen molar-refractivity contribution in [1.82, 2.24) is 14.7 Å². The van der Waals surface area contributed by atoms with Gasteiger partial charge in [0.2, 0.25) is 16.0 Å². The van der Waals surface area contributed by atoms with E-state index >= 15 is 0 Å². The number of rotatable bonds is 7. The summed E-state index contributed by atoms with van der Waals surface area (Å²) in [7, 11) is -2.14. The number of benzene rings is 2. The molecule has 0 spiro atoms. The molecular weight excluding hydrogens is 392 g/mol. The number of nitrogens with one attached hydrogen (secondary N) is 2. The maximum absolute atomic E-state index is 12.5. The highest BCUT2D eigenvalue weighted by Gasteiger charge is 2.14. The number of nitrogens with zero attached hydrogens (tertiary/aromatic N) is 3. The fourth-order valence-electron chi connectivity index (χ4n) is 2.43. The van der Waals surface area contributed by atoms with Crippen LogP contribution < -0.4 is 20.5 Å². The maximum Gasteiger partial charge on any atom is 0.240 e. The lowest BCUT2D eigenvalue weighted by molar-refractivity contribution is 0.414. The van der Waals surface area contributed by atoms with Crippen molar-refractivity contribution < 1.29 is 13.2 Å². The van der Waals surface area contributed by atoms with E-state index in [4.69, 9.17) is 15.7 Å². The number of anilines is 3. The Kier molecular flexibility index (Phi) is 5.92. The first-order valence-electron chi connectivity index (χ1n) is 8.43. The number of hydrogen-bond donors (Lipinski definition) is 3. The van der Waals surface area contributed by atoms with Gasteiger partial charge in [0.25, 0.3) is 0 Å². The van der Waals surface area contributed by atoms with E-state index in [0.717, 1.165) is 5.56 Å². The molecule has 0 aliphatic carbocycles. The molecule has 0 bridgehead atoms. The average molecular weight is 410 g/mol. The molecule has 1 heterocycles. The van der Waals surface area contributed by atoms with Crippen LogP contribution in [0.4, 0.5) is 17.5 Å². The third-order valence-electron chi connectivity index (χ3n) is 3.96. The van der Waals surface area contributed by atoms with E-state index in [-0.39, 0.29) is 28.8 Å². The summed E-state index contributed by atoms with van der Waals surface area (Å²) in [4.78, 5) is 8.09. The molecule has 0 fully saturated rings. The Bertz CT molecular complexity index is 1160. The average Bonchev–Trinajstić information content (AvgIpc) is 2.73. The number of nitrogens with two attached hydrogens (primary N) is 1. The summed E-state index contributed by atoms with van der Waals surface area (Å²) in [6.45, 7) is 0.137. The highest BCUT2D eigenvalue weighted by atomic mass is 32.2. The predicted octanol–water partition coefficient (Wildman–Crippen LogP) is 2.16. The third kappa shape index (κ3) is 4.98. The topological polar surface area (TPSA) is 143 Å². The molecule has 0 atom stereocenters. The van der Waals surface area contributed by atoms with Crippen LogP contribution in [0, 0.1) is 11.3 Å². The minimum atomic E-state index is -3.69. The second-order valence-corrected chi connectivity index (χ2v) is 7.70. The standard InChI is InChI=1S/C19H18N6O3S/c1-28-16-4-2-3-13(9-16)11-23-29(26,27)17-7-5-15(6-8-17)24-19-22-12-14(10-20)18(21)25-19/h2-9,12,23H,11H2,1H3,(H3,21,22,24,25). The van der Waals surface area contributed by atoms with E-state index in [9.17, 15) is 8.42 Å². The monoisotopic (exact) mass is 410 g/mol. The smallest absolute Gasteiger partial charge is 0.240 e. The van der Waals surface area contributed by atoms with Crippen molar-refractivity contribution in [2.75, 3.05) is 18.2 Å². The number of sulfonamides is 1. The van der Waals surface area contributed by atoms with Gasteiger partial charge in [-0.15, -0.1) is 0 Å². The van der Waals surface area contributed by atoms with Crippen molar-refractivity contribution in [2.24, 2.45) is 0 Å². The van der Waals surface area contributed by atoms with Gasteiger partial charge in [-0.05, 0) is 42.0 Å². The molecule has 0 aliphatic heterocycles. The quantitative estimate of drug-likeness (QED) is 0.538. The number of ether oxygens (including phenoxy) is 1. The van der Waals surface area contributed by atoms with E-state index < -0.39 is 10.0 Å². The van der Waals surface area contributed by atoms with Crippen LogP contribution in [0.25, 0.3) is 0 Å². The highest BCUT2D eigenvalue weighted by Crippen LogP contribution is 2.19. The molecule has 4 N–H and O–H groups in total. The van der Waals surface area contributed by atoms with E-state index in [2.05, 4.69) is 20.0 Å². The molecule has 0 unspecified atom stereocenters. The van der Waals surface area contributed by atoms with Crippen LogP contribution in [0.1, 0.15) is 11.1 Å². The molecule has 0 saturated heterocycles. The Morgan fingerprint density at radius 2 is 1.97 bits per heavy atom. The van der Waals surface area contributed by atoms with Gasteiger partial charge in [-0.25, -0.2) is 18.1 Å². The Morgan fingerprint density at radius 1 is 1.21 bits per heavy atom. The van der Waals surface area contributed by atoms with Gasteiger partial charge >= 0.3 is 0 Å². The molecule has 3 rings (SSSR count). The third-order valence-corrected chi connectivity index (χ3v) is 5.38. The van der Waals surface area contributed by atoms with Gasteiger partial charge in [0, 0.05) is 12.2 Å². The summed E-state index contributed by atoms with van der Waals surface area (Å²) >= 11 is 0. The van der Waals surface area contributed by atoms with Gasteiger partial charge in [0.05, 0.1) is 18.2 Å². The molecule has 0 saturated carbocycles.